The smallest absolute Gasteiger partial charge is 0.251 e. The molecule has 2 N–H and O–H groups in total. The van der Waals surface area contributed by atoms with Gasteiger partial charge in [-0.3, -0.25) is 9.69 Å². The van der Waals surface area contributed by atoms with Crippen molar-refractivity contribution in [2.45, 2.75) is 56.6 Å². The lowest BCUT2D eigenvalue weighted by atomic mass is 10.0. The SMILES string of the molecule is CCC(C)NS(=O)(=O)c1ccc(C(=O)NC2CCN(Cc3ccc(Cl)cc3)CC2)cc1. The van der Waals surface area contributed by atoms with E-state index < -0.39 is 10.0 Å². The van der Waals surface area contributed by atoms with Gasteiger partial charge in [-0.2, -0.15) is 0 Å². The second-order valence-electron chi connectivity index (χ2n) is 8.11. The molecule has 0 bridgehead atoms. The molecule has 0 spiro atoms. The van der Waals surface area contributed by atoms with Crippen LogP contribution >= 0.6 is 11.6 Å². The van der Waals surface area contributed by atoms with Crippen LogP contribution in [0.15, 0.2) is 53.4 Å². The Morgan fingerprint density at radius 3 is 2.29 bits per heavy atom. The number of carbonyl (C=O) groups excluding carboxylic acids is 1. The van der Waals surface area contributed by atoms with E-state index in [2.05, 4.69) is 14.9 Å². The summed E-state index contributed by atoms with van der Waals surface area (Å²) in [6.07, 6.45) is 2.47. The number of nitrogens with one attached hydrogen (secondary N) is 2. The number of hydrogen-bond acceptors (Lipinski definition) is 4. The highest BCUT2D eigenvalue weighted by molar-refractivity contribution is 7.89. The summed E-state index contributed by atoms with van der Waals surface area (Å²) in [6, 6.07) is 14.0. The summed E-state index contributed by atoms with van der Waals surface area (Å²) in [6.45, 7) is 6.43. The number of carbonyl (C=O) groups is 1. The van der Waals surface area contributed by atoms with Crippen molar-refractivity contribution >= 4 is 27.5 Å². The first-order valence-electron chi connectivity index (χ1n) is 10.7. The van der Waals surface area contributed by atoms with Crippen molar-refractivity contribution in [1.82, 2.24) is 14.9 Å². The summed E-state index contributed by atoms with van der Waals surface area (Å²) in [5, 5.41) is 3.82. The maximum Gasteiger partial charge on any atom is 0.251 e. The number of rotatable bonds is 8. The zero-order valence-corrected chi connectivity index (χ0v) is 19.5. The Morgan fingerprint density at radius 1 is 1.10 bits per heavy atom. The molecule has 31 heavy (non-hydrogen) atoms. The molecule has 1 saturated heterocycles. The zero-order chi connectivity index (χ0) is 22.4. The average molecular weight is 464 g/mol. The minimum Gasteiger partial charge on any atom is -0.349 e. The summed E-state index contributed by atoms with van der Waals surface area (Å²) in [5.41, 5.74) is 1.69. The van der Waals surface area contributed by atoms with Crippen LogP contribution in [0.25, 0.3) is 0 Å². The largest absolute Gasteiger partial charge is 0.349 e. The second kappa shape index (κ2) is 10.6. The Hall–Kier alpha value is -1.93. The highest BCUT2D eigenvalue weighted by Gasteiger charge is 2.22. The molecule has 0 aromatic heterocycles. The third-order valence-electron chi connectivity index (χ3n) is 5.64. The van der Waals surface area contributed by atoms with E-state index in [0.717, 1.165) is 37.5 Å². The number of hydrogen-bond donors (Lipinski definition) is 2. The molecular formula is C23H30ClN3O3S. The van der Waals surface area contributed by atoms with E-state index in [4.69, 9.17) is 11.6 Å². The number of nitrogens with zero attached hydrogens (tertiary/aromatic N) is 1. The second-order valence-corrected chi connectivity index (χ2v) is 10.3. The minimum absolute atomic E-state index is 0.115. The fraction of sp³-hybridized carbons (Fsp3) is 0.435. The highest BCUT2D eigenvalue weighted by atomic mass is 35.5. The van der Waals surface area contributed by atoms with Crippen LogP contribution in [0.1, 0.15) is 49.0 Å². The first-order chi connectivity index (χ1) is 14.8. The normalized spacial score (nSPS) is 16.7. The summed E-state index contributed by atoms with van der Waals surface area (Å²) < 4.78 is 27.3. The summed E-state index contributed by atoms with van der Waals surface area (Å²) in [5.74, 6) is -0.171. The van der Waals surface area contributed by atoms with Crippen molar-refractivity contribution in [3.8, 4) is 0 Å². The fourth-order valence-electron chi connectivity index (χ4n) is 3.55. The lowest BCUT2D eigenvalue weighted by Gasteiger charge is -2.32. The molecule has 2 aromatic rings. The zero-order valence-electron chi connectivity index (χ0n) is 18.0. The molecule has 1 aliphatic rings. The molecule has 2 aromatic carbocycles. The van der Waals surface area contributed by atoms with Crippen molar-refractivity contribution in [1.29, 1.82) is 0 Å². The summed E-state index contributed by atoms with van der Waals surface area (Å²) in [7, 11) is -3.57. The number of sulfonamides is 1. The molecule has 0 radical (unpaired) electrons. The Labute approximate surface area is 190 Å². The van der Waals surface area contributed by atoms with Crippen LogP contribution in [0.4, 0.5) is 0 Å². The van der Waals surface area contributed by atoms with Crippen LogP contribution in [-0.4, -0.2) is 44.4 Å². The quantitative estimate of drug-likeness (QED) is 0.624. The van der Waals surface area contributed by atoms with Gasteiger partial charge in [-0.1, -0.05) is 30.7 Å². The maximum absolute atomic E-state index is 12.6. The molecule has 1 heterocycles. The van der Waals surface area contributed by atoms with Crippen molar-refractivity contribution < 1.29 is 13.2 Å². The van der Waals surface area contributed by atoms with Gasteiger partial charge < -0.3 is 5.32 Å². The predicted molar refractivity (Wildman–Crippen MR) is 124 cm³/mol. The first-order valence-corrected chi connectivity index (χ1v) is 12.5. The van der Waals surface area contributed by atoms with Gasteiger partial charge in [0.1, 0.15) is 0 Å². The number of piperidine rings is 1. The van der Waals surface area contributed by atoms with Crippen molar-refractivity contribution in [3.63, 3.8) is 0 Å². The maximum atomic E-state index is 12.6. The van der Waals surface area contributed by atoms with E-state index in [0.29, 0.717) is 12.0 Å². The van der Waals surface area contributed by atoms with E-state index in [1.54, 1.807) is 12.1 Å². The lowest BCUT2D eigenvalue weighted by Crippen LogP contribution is -2.44. The lowest BCUT2D eigenvalue weighted by molar-refractivity contribution is 0.0909. The van der Waals surface area contributed by atoms with Crippen molar-refractivity contribution in [3.05, 3.63) is 64.7 Å². The van der Waals surface area contributed by atoms with Crippen LogP contribution in [0.3, 0.4) is 0 Å². The molecule has 8 heteroatoms. The molecule has 6 nitrogen and oxygen atoms in total. The van der Waals surface area contributed by atoms with Gasteiger partial charge in [-0.15, -0.1) is 0 Å². The van der Waals surface area contributed by atoms with E-state index >= 15 is 0 Å². The van der Waals surface area contributed by atoms with Crippen LogP contribution in [-0.2, 0) is 16.6 Å². The van der Waals surface area contributed by atoms with Crippen LogP contribution in [0.5, 0.6) is 0 Å². The van der Waals surface area contributed by atoms with Crippen molar-refractivity contribution in [2.75, 3.05) is 13.1 Å². The first kappa shape index (κ1) is 23.7. The number of halogens is 1. The highest BCUT2D eigenvalue weighted by Crippen LogP contribution is 2.17. The summed E-state index contributed by atoms with van der Waals surface area (Å²) in [4.78, 5) is 15.1. The number of benzene rings is 2. The third kappa shape index (κ3) is 6.77. The Bertz CT molecular complexity index is 970. The molecule has 1 amide bonds. The fourth-order valence-corrected chi connectivity index (χ4v) is 5.01. The summed E-state index contributed by atoms with van der Waals surface area (Å²) >= 11 is 5.94. The van der Waals surface area contributed by atoms with Crippen LogP contribution in [0.2, 0.25) is 5.02 Å². The molecule has 1 aliphatic heterocycles. The predicted octanol–water partition coefficient (Wildman–Crippen LogP) is 3.81. The third-order valence-corrected chi connectivity index (χ3v) is 7.50. The molecule has 1 fully saturated rings. The minimum atomic E-state index is -3.57. The molecule has 0 aliphatic carbocycles. The van der Waals surface area contributed by atoms with Gasteiger partial charge in [-0.05, 0) is 68.1 Å². The van der Waals surface area contributed by atoms with Crippen molar-refractivity contribution in [2.24, 2.45) is 0 Å². The van der Waals surface area contributed by atoms with E-state index in [9.17, 15) is 13.2 Å². The van der Waals surface area contributed by atoms with Gasteiger partial charge in [0.2, 0.25) is 10.0 Å². The Kier molecular flexibility index (Phi) is 8.11. The van der Waals surface area contributed by atoms with Gasteiger partial charge in [0.05, 0.1) is 4.90 Å². The average Bonchev–Trinajstić information content (AvgIpc) is 2.76. The number of likely N-dealkylation sites (tertiary alicyclic amines) is 1. The van der Waals surface area contributed by atoms with Crippen LogP contribution in [0, 0.1) is 0 Å². The Morgan fingerprint density at radius 2 is 1.71 bits per heavy atom. The van der Waals surface area contributed by atoms with Gasteiger partial charge in [0, 0.05) is 42.3 Å². The Balaban J connectivity index is 1.50. The van der Waals surface area contributed by atoms with E-state index in [1.807, 2.05) is 38.1 Å². The van der Waals surface area contributed by atoms with Gasteiger partial charge in [0.25, 0.3) is 5.91 Å². The standard InChI is InChI=1S/C23H30ClN3O3S/c1-3-17(2)26-31(29,30)22-10-6-19(7-11-22)23(28)25-21-12-14-27(15-13-21)16-18-4-8-20(24)9-5-18/h4-11,17,21,26H,3,12-16H2,1-2H3,(H,25,28). The molecule has 0 saturated carbocycles. The monoisotopic (exact) mass is 463 g/mol. The van der Waals surface area contributed by atoms with Gasteiger partial charge in [0.15, 0.2) is 0 Å². The van der Waals surface area contributed by atoms with Gasteiger partial charge >= 0.3 is 0 Å². The topological polar surface area (TPSA) is 78.5 Å². The molecule has 168 valence electrons. The van der Waals surface area contributed by atoms with Gasteiger partial charge in [-0.25, -0.2) is 13.1 Å². The molecule has 1 atom stereocenters. The van der Waals surface area contributed by atoms with E-state index in [-0.39, 0.29) is 22.9 Å². The molecule has 3 rings (SSSR count). The van der Waals surface area contributed by atoms with E-state index in [1.165, 1.54) is 17.7 Å². The molecule has 1 unspecified atom stereocenters. The molecular weight excluding hydrogens is 434 g/mol. The number of amides is 1. The van der Waals surface area contributed by atoms with Crippen LogP contribution < -0.4 is 10.0 Å².